The molecule has 45 heavy (non-hydrogen) atoms. The van der Waals surface area contributed by atoms with Gasteiger partial charge in [-0.25, -0.2) is 0 Å². The molecule has 0 bridgehead atoms. The molecule has 0 aromatic heterocycles. The van der Waals surface area contributed by atoms with Gasteiger partial charge in [0.1, 0.15) is 0 Å². The Bertz CT molecular complexity index is 1290. The van der Waals surface area contributed by atoms with Gasteiger partial charge in [-0.3, -0.25) is 14.6 Å². The second kappa shape index (κ2) is 18.6. The van der Waals surface area contributed by atoms with E-state index in [9.17, 15) is 4.79 Å². The van der Waals surface area contributed by atoms with Crippen LogP contribution in [-0.2, 0) is 14.3 Å². The Kier molecular flexibility index (Phi) is 14.0. The summed E-state index contributed by atoms with van der Waals surface area (Å²) in [6.45, 7) is 6.22. The lowest BCUT2D eigenvalue weighted by Crippen LogP contribution is -2.49. The minimum atomic E-state index is -0.126. The average molecular weight is 616 g/mol. The summed E-state index contributed by atoms with van der Waals surface area (Å²) >= 11 is 0. The summed E-state index contributed by atoms with van der Waals surface area (Å²) in [6.07, 6.45) is 6.92. The van der Waals surface area contributed by atoms with Crippen molar-refractivity contribution in [1.29, 1.82) is 0 Å². The van der Waals surface area contributed by atoms with E-state index >= 15 is 0 Å². The Morgan fingerprint density at radius 2 is 1.47 bits per heavy atom. The van der Waals surface area contributed by atoms with E-state index < -0.39 is 0 Å². The first-order valence-corrected chi connectivity index (χ1v) is 15.3. The molecule has 1 fully saturated rings. The summed E-state index contributed by atoms with van der Waals surface area (Å²) in [5.74, 6) is 1.36. The normalized spacial score (nSPS) is 14.3. The lowest BCUT2D eigenvalue weighted by atomic mass is 9.96. The van der Waals surface area contributed by atoms with Gasteiger partial charge in [0, 0.05) is 52.5 Å². The third-order valence-electron chi connectivity index (χ3n) is 7.58. The molecule has 9 nitrogen and oxygen atoms in total. The number of hydrogen-bond acceptors (Lipinski definition) is 8. The van der Waals surface area contributed by atoms with Crippen molar-refractivity contribution in [1.82, 2.24) is 15.1 Å². The molecule has 1 N–H and O–H groups in total. The highest BCUT2D eigenvalue weighted by atomic mass is 16.7. The van der Waals surface area contributed by atoms with Gasteiger partial charge in [0.05, 0.1) is 33.5 Å². The van der Waals surface area contributed by atoms with E-state index in [0.717, 1.165) is 38.3 Å². The number of ether oxygens (including phenoxy) is 5. The van der Waals surface area contributed by atoms with Gasteiger partial charge in [-0.2, -0.15) is 0 Å². The van der Waals surface area contributed by atoms with Crippen molar-refractivity contribution in [3.63, 3.8) is 0 Å². The van der Waals surface area contributed by atoms with Crippen molar-refractivity contribution in [3.05, 3.63) is 108 Å². The number of hydrogen-bond donors (Lipinski definition) is 1. The molecule has 1 aliphatic rings. The summed E-state index contributed by atoms with van der Waals surface area (Å²) in [5.41, 5.74) is 3.46. The first-order valence-electron chi connectivity index (χ1n) is 15.3. The van der Waals surface area contributed by atoms with E-state index in [-0.39, 0.29) is 18.7 Å². The van der Waals surface area contributed by atoms with E-state index in [4.69, 9.17) is 23.7 Å². The smallest absolute Gasteiger partial charge is 0.244 e. The lowest BCUT2D eigenvalue weighted by Gasteiger charge is -2.39. The zero-order chi connectivity index (χ0) is 31.7. The van der Waals surface area contributed by atoms with Gasteiger partial charge in [0.15, 0.2) is 18.3 Å². The number of piperazine rings is 1. The van der Waals surface area contributed by atoms with Crippen LogP contribution in [0, 0.1) is 0 Å². The van der Waals surface area contributed by atoms with Crippen molar-refractivity contribution >= 4 is 12.0 Å². The van der Waals surface area contributed by atoms with Crippen molar-refractivity contribution in [2.45, 2.75) is 6.04 Å². The van der Waals surface area contributed by atoms with Crippen LogP contribution in [0.2, 0.25) is 0 Å². The number of allylic oxidation sites excluding steroid dienone is 2. The molecule has 4 rings (SSSR count). The second-order valence-corrected chi connectivity index (χ2v) is 10.5. The van der Waals surface area contributed by atoms with Gasteiger partial charge < -0.3 is 29.0 Å². The molecule has 9 heteroatoms. The Morgan fingerprint density at radius 3 is 2.04 bits per heavy atom. The molecule has 3 aromatic carbocycles. The highest BCUT2D eigenvalue weighted by Gasteiger charge is 2.26. The van der Waals surface area contributed by atoms with Crippen LogP contribution in [-0.4, -0.2) is 96.3 Å². The van der Waals surface area contributed by atoms with Crippen molar-refractivity contribution in [2.75, 3.05) is 80.6 Å². The van der Waals surface area contributed by atoms with Gasteiger partial charge in [0.25, 0.3) is 0 Å². The average Bonchev–Trinajstić information content (AvgIpc) is 3.08. The minimum Gasteiger partial charge on any atom is -0.493 e. The predicted octanol–water partition coefficient (Wildman–Crippen LogP) is 4.80. The van der Waals surface area contributed by atoms with Crippen LogP contribution in [0.3, 0.4) is 0 Å². The van der Waals surface area contributed by atoms with Crippen molar-refractivity contribution in [3.8, 4) is 17.2 Å². The molecule has 3 aromatic rings. The number of carbonyl (C=O) groups is 1. The SMILES string of the molecule is COCCOCOc1c(OC)cc(C=CC=CC(=O)NCCN2CCN(C(c3ccccc3)c3ccccc3)CC2)cc1OC. The van der Waals surface area contributed by atoms with Gasteiger partial charge in [-0.1, -0.05) is 78.9 Å². The zero-order valence-corrected chi connectivity index (χ0v) is 26.5. The van der Waals surface area contributed by atoms with Crippen molar-refractivity contribution < 1.29 is 28.5 Å². The highest BCUT2D eigenvalue weighted by Crippen LogP contribution is 2.39. The standard InChI is InChI=1S/C36H45N3O6/c1-41-24-25-44-28-45-36-32(42-2)26-29(27-33(36)43-3)12-10-11-17-34(40)37-18-19-38-20-22-39(23-21-38)35(30-13-6-4-7-14-30)31-15-8-5-9-16-31/h4-17,26-27,35H,18-25,28H2,1-3H3,(H,37,40). The van der Waals surface area contributed by atoms with Crippen LogP contribution < -0.4 is 19.5 Å². The number of benzene rings is 3. The molecular weight excluding hydrogens is 570 g/mol. The number of nitrogens with zero attached hydrogens (tertiary/aromatic N) is 2. The van der Waals surface area contributed by atoms with Crippen LogP contribution in [0.5, 0.6) is 17.2 Å². The van der Waals surface area contributed by atoms with Crippen LogP contribution in [0.1, 0.15) is 22.7 Å². The maximum absolute atomic E-state index is 12.4. The number of carbonyl (C=O) groups excluding carboxylic acids is 1. The molecule has 0 atom stereocenters. The maximum atomic E-state index is 12.4. The van der Waals surface area contributed by atoms with Crippen LogP contribution in [0.4, 0.5) is 0 Å². The molecule has 0 aliphatic carbocycles. The minimum absolute atomic E-state index is 0.0440. The number of methoxy groups -OCH3 is 3. The Labute approximate surface area is 267 Å². The number of rotatable bonds is 17. The fourth-order valence-electron chi connectivity index (χ4n) is 5.28. The quantitative estimate of drug-likeness (QED) is 0.100. The molecule has 0 radical (unpaired) electrons. The zero-order valence-electron chi connectivity index (χ0n) is 26.5. The van der Waals surface area contributed by atoms with Crippen LogP contribution in [0.25, 0.3) is 6.08 Å². The van der Waals surface area contributed by atoms with Crippen LogP contribution >= 0.6 is 0 Å². The third kappa shape index (κ3) is 10.5. The largest absolute Gasteiger partial charge is 0.493 e. The lowest BCUT2D eigenvalue weighted by molar-refractivity contribution is -0.116. The second-order valence-electron chi connectivity index (χ2n) is 10.5. The Morgan fingerprint density at radius 1 is 0.844 bits per heavy atom. The summed E-state index contributed by atoms with van der Waals surface area (Å²) < 4.78 is 27.1. The molecule has 0 saturated carbocycles. The predicted molar refractivity (Wildman–Crippen MR) is 177 cm³/mol. The molecule has 240 valence electrons. The van der Waals surface area contributed by atoms with Crippen LogP contribution in [0.15, 0.2) is 91.0 Å². The topological polar surface area (TPSA) is 81.7 Å². The summed E-state index contributed by atoms with van der Waals surface area (Å²) in [5, 5.41) is 3.00. The van der Waals surface area contributed by atoms with Crippen molar-refractivity contribution in [2.24, 2.45) is 0 Å². The van der Waals surface area contributed by atoms with E-state index in [2.05, 4.69) is 75.8 Å². The number of nitrogens with one attached hydrogen (secondary N) is 1. The summed E-state index contributed by atoms with van der Waals surface area (Å²) in [7, 11) is 4.75. The van der Waals surface area contributed by atoms with E-state index in [1.165, 1.54) is 17.2 Å². The Hall–Kier alpha value is -4.15. The third-order valence-corrected chi connectivity index (χ3v) is 7.58. The molecule has 1 heterocycles. The first kappa shape index (κ1) is 33.7. The first-order chi connectivity index (χ1) is 22.1. The number of amides is 1. The van der Waals surface area contributed by atoms with Gasteiger partial charge in [-0.05, 0) is 28.8 Å². The Balaban J connectivity index is 1.21. The monoisotopic (exact) mass is 615 g/mol. The molecule has 1 amide bonds. The molecular formula is C36H45N3O6. The van der Waals surface area contributed by atoms with Gasteiger partial charge in [-0.15, -0.1) is 0 Å². The van der Waals surface area contributed by atoms with E-state index in [0.29, 0.717) is 37.0 Å². The van der Waals surface area contributed by atoms with Gasteiger partial charge in [0.2, 0.25) is 11.7 Å². The fourth-order valence-corrected chi connectivity index (χ4v) is 5.28. The fraction of sp³-hybridized carbons (Fsp3) is 0.361. The maximum Gasteiger partial charge on any atom is 0.244 e. The molecule has 0 spiro atoms. The molecule has 1 aliphatic heterocycles. The highest BCUT2D eigenvalue weighted by molar-refractivity contribution is 5.87. The summed E-state index contributed by atoms with van der Waals surface area (Å²) in [4.78, 5) is 17.4. The van der Waals surface area contributed by atoms with E-state index in [1.54, 1.807) is 33.5 Å². The molecule has 1 saturated heterocycles. The van der Waals surface area contributed by atoms with Gasteiger partial charge >= 0.3 is 0 Å². The summed E-state index contributed by atoms with van der Waals surface area (Å²) in [6, 6.07) is 25.3. The van der Waals surface area contributed by atoms with E-state index in [1.807, 2.05) is 18.2 Å². The molecule has 0 unspecified atom stereocenters.